The van der Waals surface area contributed by atoms with Crippen LogP contribution in [0.2, 0.25) is 0 Å². The quantitative estimate of drug-likeness (QED) is 0.391. The van der Waals surface area contributed by atoms with Crippen LogP contribution in [0, 0.1) is 0 Å². The lowest BCUT2D eigenvalue weighted by Crippen LogP contribution is -2.02. The van der Waals surface area contributed by atoms with Crippen molar-refractivity contribution in [3.63, 3.8) is 0 Å². The molecule has 0 amide bonds. The van der Waals surface area contributed by atoms with E-state index in [2.05, 4.69) is 19.2 Å². The van der Waals surface area contributed by atoms with E-state index in [4.69, 9.17) is 9.47 Å². The molecule has 0 fully saturated rings. The Bertz CT molecular complexity index is 291. The molecule has 2 nitrogen and oxygen atoms in total. The van der Waals surface area contributed by atoms with Crippen LogP contribution in [0.5, 0.6) is 5.06 Å². The van der Waals surface area contributed by atoms with Gasteiger partial charge in [-0.3, -0.25) is 0 Å². The number of thiophene rings is 1. The average Bonchev–Trinajstić information content (AvgIpc) is 2.61. The summed E-state index contributed by atoms with van der Waals surface area (Å²) in [5, 5.41) is 0.925. The van der Waals surface area contributed by atoms with E-state index in [0.717, 1.165) is 11.5 Å². The van der Waals surface area contributed by atoms with Crippen molar-refractivity contribution in [2.75, 3.05) is 13.2 Å². The second kappa shape index (κ2) is 6.27. The molecule has 14 heavy (non-hydrogen) atoms. The van der Waals surface area contributed by atoms with Crippen molar-refractivity contribution in [1.82, 2.24) is 0 Å². The SMILES string of the molecule is C=CCc1ccc(OCCOC=C)s1. The maximum atomic E-state index is 5.45. The molecule has 0 spiro atoms. The van der Waals surface area contributed by atoms with Crippen LogP contribution < -0.4 is 4.74 Å². The topological polar surface area (TPSA) is 18.5 Å². The molecule has 1 aromatic rings. The Morgan fingerprint density at radius 2 is 2.14 bits per heavy atom. The second-order valence-corrected chi connectivity index (χ2v) is 3.73. The van der Waals surface area contributed by atoms with Gasteiger partial charge in [0.05, 0.1) is 6.26 Å². The summed E-state index contributed by atoms with van der Waals surface area (Å²) in [5.41, 5.74) is 0. The molecule has 0 bridgehead atoms. The normalized spacial score (nSPS) is 9.43. The van der Waals surface area contributed by atoms with Crippen molar-refractivity contribution in [2.45, 2.75) is 6.42 Å². The number of ether oxygens (including phenoxy) is 2. The standard InChI is InChI=1S/C11H14O2S/c1-3-5-10-6-7-11(14-10)13-9-8-12-4-2/h3-4,6-7H,1-2,5,8-9H2. The predicted octanol–water partition coefficient (Wildman–Crippen LogP) is 3.02. The molecule has 76 valence electrons. The van der Waals surface area contributed by atoms with Gasteiger partial charge in [0.1, 0.15) is 13.2 Å². The molecule has 0 radical (unpaired) electrons. The van der Waals surface area contributed by atoms with Crippen LogP contribution in [0.3, 0.4) is 0 Å². The zero-order valence-corrected chi connectivity index (χ0v) is 8.89. The lowest BCUT2D eigenvalue weighted by atomic mass is 10.3. The highest BCUT2D eigenvalue weighted by Gasteiger charge is 1.98. The zero-order valence-electron chi connectivity index (χ0n) is 8.07. The monoisotopic (exact) mass is 210 g/mol. The summed E-state index contributed by atoms with van der Waals surface area (Å²) in [6.45, 7) is 8.23. The Morgan fingerprint density at radius 1 is 1.29 bits per heavy atom. The number of hydrogen-bond acceptors (Lipinski definition) is 3. The molecule has 3 heteroatoms. The van der Waals surface area contributed by atoms with Crippen molar-refractivity contribution in [1.29, 1.82) is 0 Å². The maximum Gasteiger partial charge on any atom is 0.174 e. The summed E-state index contributed by atoms with van der Waals surface area (Å²) < 4.78 is 10.4. The minimum Gasteiger partial charge on any atom is -0.498 e. The minimum atomic E-state index is 0.540. The third-order valence-electron chi connectivity index (χ3n) is 1.55. The number of allylic oxidation sites excluding steroid dienone is 1. The third kappa shape index (κ3) is 3.66. The molecule has 1 heterocycles. The summed E-state index contributed by atoms with van der Waals surface area (Å²) in [6.07, 6.45) is 4.20. The first kappa shape index (κ1) is 10.9. The fraction of sp³-hybridized carbons (Fsp3) is 0.273. The van der Waals surface area contributed by atoms with Crippen LogP contribution >= 0.6 is 11.3 Å². The minimum absolute atomic E-state index is 0.540. The van der Waals surface area contributed by atoms with E-state index in [1.807, 2.05) is 12.1 Å². The van der Waals surface area contributed by atoms with Crippen LogP contribution in [0.25, 0.3) is 0 Å². The molecule has 0 aliphatic carbocycles. The summed E-state index contributed by atoms with van der Waals surface area (Å²) in [6, 6.07) is 4.02. The van der Waals surface area contributed by atoms with E-state index in [1.54, 1.807) is 11.3 Å². The lowest BCUT2D eigenvalue weighted by Gasteiger charge is -2.01. The van der Waals surface area contributed by atoms with E-state index in [-0.39, 0.29) is 0 Å². The van der Waals surface area contributed by atoms with Gasteiger partial charge in [-0.2, -0.15) is 0 Å². The highest BCUT2D eigenvalue weighted by atomic mass is 32.1. The van der Waals surface area contributed by atoms with Gasteiger partial charge >= 0.3 is 0 Å². The van der Waals surface area contributed by atoms with E-state index in [9.17, 15) is 0 Å². The van der Waals surface area contributed by atoms with Crippen molar-refractivity contribution < 1.29 is 9.47 Å². The van der Waals surface area contributed by atoms with Gasteiger partial charge in [0.25, 0.3) is 0 Å². The lowest BCUT2D eigenvalue weighted by molar-refractivity contribution is 0.182. The molecule has 1 rings (SSSR count). The van der Waals surface area contributed by atoms with Crippen molar-refractivity contribution in [2.24, 2.45) is 0 Å². The van der Waals surface area contributed by atoms with Gasteiger partial charge in [0.2, 0.25) is 0 Å². The Kier molecular flexibility index (Phi) is 4.86. The van der Waals surface area contributed by atoms with Gasteiger partial charge in [-0.25, -0.2) is 0 Å². The Hall–Kier alpha value is -1.22. The van der Waals surface area contributed by atoms with Crippen molar-refractivity contribution in [3.05, 3.63) is 42.5 Å². The van der Waals surface area contributed by atoms with E-state index in [0.29, 0.717) is 13.2 Å². The highest BCUT2D eigenvalue weighted by molar-refractivity contribution is 7.13. The second-order valence-electron chi connectivity index (χ2n) is 2.60. The Labute approximate surface area is 88.5 Å². The van der Waals surface area contributed by atoms with Crippen molar-refractivity contribution >= 4 is 11.3 Å². The smallest absolute Gasteiger partial charge is 0.174 e. The van der Waals surface area contributed by atoms with Gasteiger partial charge in [-0.05, 0) is 18.6 Å². The average molecular weight is 210 g/mol. The largest absolute Gasteiger partial charge is 0.498 e. The summed E-state index contributed by atoms with van der Waals surface area (Å²) in [5.74, 6) is 0. The highest BCUT2D eigenvalue weighted by Crippen LogP contribution is 2.24. The fourth-order valence-corrected chi connectivity index (χ4v) is 1.84. The molecule has 0 N–H and O–H groups in total. The van der Waals surface area contributed by atoms with E-state index in [1.165, 1.54) is 11.1 Å². The summed E-state index contributed by atoms with van der Waals surface area (Å²) >= 11 is 1.64. The molecule has 1 aromatic heterocycles. The molecular formula is C11H14O2S. The Morgan fingerprint density at radius 3 is 2.86 bits per heavy atom. The first-order valence-electron chi connectivity index (χ1n) is 4.41. The van der Waals surface area contributed by atoms with Crippen LogP contribution in [-0.4, -0.2) is 13.2 Å². The molecule has 0 aliphatic heterocycles. The summed E-state index contributed by atoms with van der Waals surface area (Å²) in [7, 11) is 0. The maximum absolute atomic E-state index is 5.45. The first-order valence-corrected chi connectivity index (χ1v) is 5.23. The van der Waals surface area contributed by atoms with Gasteiger partial charge in [0.15, 0.2) is 5.06 Å². The van der Waals surface area contributed by atoms with Crippen LogP contribution in [-0.2, 0) is 11.2 Å². The van der Waals surface area contributed by atoms with Gasteiger partial charge in [-0.1, -0.05) is 12.7 Å². The summed E-state index contributed by atoms with van der Waals surface area (Å²) in [4.78, 5) is 1.26. The molecule has 0 saturated carbocycles. The van der Waals surface area contributed by atoms with Gasteiger partial charge in [-0.15, -0.1) is 17.9 Å². The van der Waals surface area contributed by atoms with E-state index < -0.39 is 0 Å². The molecule has 0 saturated heterocycles. The zero-order chi connectivity index (χ0) is 10.2. The molecule has 0 aromatic carbocycles. The fourth-order valence-electron chi connectivity index (χ4n) is 0.961. The van der Waals surface area contributed by atoms with Crippen LogP contribution in [0.15, 0.2) is 37.6 Å². The third-order valence-corrected chi connectivity index (χ3v) is 2.57. The van der Waals surface area contributed by atoms with Gasteiger partial charge in [0, 0.05) is 4.88 Å². The predicted molar refractivity (Wildman–Crippen MR) is 59.9 cm³/mol. The van der Waals surface area contributed by atoms with E-state index >= 15 is 0 Å². The number of rotatable bonds is 7. The van der Waals surface area contributed by atoms with Gasteiger partial charge < -0.3 is 9.47 Å². The number of hydrogen-bond donors (Lipinski definition) is 0. The van der Waals surface area contributed by atoms with Crippen molar-refractivity contribution in [3.8, 4) is 5.06 Å². The first-order chi connectivity index (χ1) is 6.86. The Balaban J connectivity index is 2.28. The molecule has 0 unspecified atom stereocenters. The molecular weight excluding hydrogens is 196 g/mol. The van der Waals surface area contributed by atoms with Crippen LogP contribution in [0.4, 0.5) is 0 Å². The molecule has 0 atom stereocenters. The molecule has 0 aliphatic rings. The van der Waals surface area contributed by atoms with Crippen LogP contribution in [0.1, 0.15) is 4.88 Å².